The maximum atomic E-state index is 12.4. The largest absolute Gasteiger partial charge is 0.451 e. The fourth-order valence-corrected chi connectivity index (χ4v) is 5.17. The molecule has 1 aliphatic carbocycles. The van der Waals surface area contributed by atoms with Crippen molar-refractivity contribution >= 4 is 34.6 Å². The Bertz CT molecular complexity index is 975. The van der Waals surface area contributed by atoms with E-state index in [0.29, 0.717) is 4.88 Å². The third-order valence-corrected chi connectivity index (χ3v) is 6.86. The fourth-order valence-electron chi connectivity index (χ4n) is 3.27. The number of nitrogens with one attached hydrogen (secondary N) is 1. The molecule has 0 bridgehead atoms. The van der Waals surface area contributed by atoms with Crippen molar-refractivity contribution in [2.24, 2.45) is 0 Å². The minimum Gasteiger partial charge on any atom is -0.451 e. The molecule has 1 N–H and O–H groups in total. The molecular formula is C21H19NO3S2. The van der Waals surface area contributed by atoms with Crippen molar-refractivity contribution < 1.29 is 14.3 Å². The number of ether oxygens (including phenoxy) is 1. The Kier molecular flexibility index (Phi) is 5.09. The lowest BCUT2D eigenvalue weighted by atomic mass is 9.91. The number of carbonyl (C=O) groups is 2. The highest BCUT2D eigenvalue weighted by Crippen LogP contribution is 2.39. The van der Waals surface area contributed by atoms with E-state index in [2.05, 4.69) is 17.4 Å². The maximum Gasteiger partial charge on any atom is 0.348 e. The monoisotopic (exact) mass is 397 g/mol. The molecule has 0 spiro atoms. The SMILES string of the molecule is C[C@@H](NC(=O)COC(=O)c1cc2c(s1)-c1ccccc1CC2)c1cccs1. The van der Waals surface area contributed by atoms with E-state index in [1.54, 1.807) is 11.3 Å². The van der Waals surface area contributed by atoms with Crippen LogP contribution in [0, 0.1) is 0 Å². The van der Waals surface area contributed by atoms with Crippen LogP contribution in [0.1, 0.15) is 38.6 Å². The minimum absolute atomic E-state index is 0.0956. The maximum absolute atomic E-state index is 12.4. The molecule has 138 valence electrons. The van der Waals surface area contributed by atoms with Gasteiger partial charge in [-0.1, -0.05) is 30.3 Å². The van der Waals surface area contributed by atoms with E-state index >= 15 is 0 Å². The van der Waals surface area contributed by atoms with Gasteiger partial charge in [-0.3, -0.25) is 4.79 Å². The average molecular weight is 398 g/mol. The Morgan fingerprint density at radius 3 is 2.78 bits per heavy atom. The van der Waals surface area contributed by atoms with Gasteiger partial charge in [0.05, 0.1) is 6.04 Å². The number of fused-ring (bicyclic) bond motifs is 3. The van der Waals surface area contributed by atoms with E-state index in [4.69, 9.17) is 4.74 Å². The summed E-state index contributed by atoms with van der Waals surface area (Å²) < 4.78 is 5.24. The molecule has 2 aromatic heterocycles. The number of hydrogen-bond acceptors (Lipinski definition) is 5. The molecule has 1 amide bonds. The molecule has 1 atom stereocenters. The Balaban J connectivity index is 1.38. The van der Waals surface area contributed by atoms with Crippen LogP contribution in [0.15, 0.2) is 47.8 Å². The van der Waals surface area contributed by atoms with E-state index in [-0.39, 0.29) is 18.6 Å². The van der Waals surface area contributed by atoms with Crippen molar-refractivity contribution in [3.05, 3.63) is 68.7 Å². The van der Waals surface area contributed by atoms with Crippen LogP contribution in [-0.4, -0.2) is 18.5 Å². The normalized spacial score (nSPS) is 13.4. The van der Waals surface area contributed by atoms with Crippen LogP contribution < -0.4 is 5.32 Å². The molecule has 0 unspecified atom stereocenters. The molecule has 1 aliphatic rings. The summed E-state index contributed by atoms with van der Waals surface area (Å²) in [5.74, 6) is -0.735. The first-order valence-corrected chi connectivity index (χ1v) is 10.5. The molecule has 0 saturated heterocycles. The van der Waals surface area contributed by atoms with E-state index in [0.717, 1.165) is 22.6 Å². The average Bonchev–Trinajstić information content (AvgIpc) is 3.35. The zero-order valence-corrected chi connectivity index (χ0v) is 16.5. The standard InChI is InChI=1S/C21H19NO3S2/c1-13(17-7-4-10-26-17)22-19(23)12-25-21(24)18-11-15-9-8-14-5-2-3-6-16(14)20(15)27-18/h2-7,10-11,13H,8-9,12H2,1H3,(H,22,23)/t13-/m1/s1. The number of rotatable bonds is 5. The van der Waals surface area contributed by atoms with Crippen LogP contribution in [0.5, 0.6) is 0 Å². The minimum atomic E-state index is -0.439. The lowest BCUT2D eigenvalue weighted by Gasteiger charge is -2.15. The molecule has 2 heterocycles. The van der Waals surface area contributed by atoms with Gasteiger partial charge in [0, 0.05) is 9.75 Å². The lowest BCUT2D eigenvalue weighted by Crippen LogP contribution is -2.30. The van der Waals surface area contributed by atoms with Gasteiger partial charge in [-0.2, -0.15) is 0 Å². The van der Waals surface area contributed by atoms with E-state index in [1.807, 2.05) is 42.6 Å². The number of amides is 1. The van der Waals surface area contributed by atoms with Crippen LogP contribution in [0.3, 0.4) is 0 Å². The van der Waals surface area contributed by atoms with Crippen LogP contribution in [0.25, 0.3) is 10.4 Å². The van der Waals surface area contributed by atoms with Crippen molar-refractivity contribution in [2.75, 3.05) is 6.61 Å². The summed E-state index contributed by atoms with van der Waals surface area (Å²) in [6.07, 6.45) is 1.91. The number of carbonyl (C=O) groups excluding carboxylic acids is 2. The van der Waals surface area contributed by atoms with Crippen LogP contribution >= 0.6 is 22.7 Å². The molecular weight excluding hydrogens is 378 g/mol. The smallest absolute Gasteiger partial charge is 0.348 e. The van der Waals surface area contributed by atoms with Gasteiger partial charge >= 0.3 is 5.97 Å². The predicted octanol–water partition coefficient (Wildman–Crippen LogP) is 4.61. The predicted molar refractivity (Wildman–Crippen MR) is 108 cm³/mol. The summed E-state index contributed by atoms with van der Waals surface area (Å²) in [6, 6.07) is 14.0. The molecule has 0 saturated carbocycles. The van der Waals surface area contributed by atoms with Gasteiger partial charge in [-0.25, -0.2) is 4.79 Å². The molecule has 0 fully saturated rings. The number of thiophene rings is 2. The zero-order valence-electron chi connectivity index (χ0n) is 14.9. The second kappa shape index (κ2) is 7.66. The first-order valence-electron chi connectivity index (χ1n) is 8.82. The molecule has 1 aromatic carbocycles. The quantitative estimate of drug-likeness (QED) is 0.640. The molecule has 4 rings (SSSR count). The molecule has 4 nitrogen and oxygen atoms in total. The Labute approximate surface area is 165 Å². The highest BCUT2D eigenvalue weighted by molar-refractivity contribution is 7.17. The molecule has 3 aromatic rings. The summed E-state index contributed by atoms with van der Waals surface area (Å²) >= 11 is 3.03. The van der Waals surface area contributed by atoms with E-state index < -0.39 is 5.97 Å². The summed E-state index contributed by atoms with van der Waals surface area (Å²) in [4.78, 5) is 27.2. The molecule has 27 heavy (non-hydrogen) atoms. The van der Waals surface area contributed by atoms with E-state index in [9.17, 15) is 9.59 Å². The van der Waals surface area contributed by atoms with E-state index in [1.165, 1.54) is 28.0 Å². The van der Waals surface area contributed by atoms with Crippen molar-refractivity contribution in [1.29, 1.82) is 0 Å². The summed E-state index contributed by atoms with van der Waals surface area (Å²) in [7, 11) is 0. The third-order valence-electron chi connectivity index (χ3n) is 4.62. The number of benzene rings is 1. The second-order valence-corrected chi connectivity index (χ2v) is 8.53. The Morgan fingerprint density at radius 1 is 1.15 bits per heavy atom. The zero-order chi connectivity index (χ0) is 18.8. The first-order chi connectivity index (χ1) is 13.1. The highest BCUT2D eigenvalue weighted by Gasteiger charge is 2.22. The second-order valence-electron chi connectivity index (χ2n) is 6.50. The van der Waals surface area contributed by atoms with Gasteiger partial charge < -0.3 is 10.1 Å². The number of hydrogen-bond donors (Lipinski definition) is 1. The van der Waals surface area contributed by atoms with Gasteiger partial charge in [-0.15, -0.1) is 22.7 Å². The Morgan fingerprint density at radius 2 is 1.96 bits per heavy atom. The van der Waals surface area contributed by atoms with Crippen LogP contribution in [0.2, 0.25) is 0 Å². The molecule has 0 aliphatic heterocycles. The summed E-state index contributed by atoms with van der Waals surface area (Å²) in [6.45, 7) is 1.64. The van der Waals surface area contributed by atoms with Crippen LogP contribution in [0.4, 0.5) is 0 Å². The van der Waals surface area contributed by atoms with Crippen molar-refractivity contribution in [1.82, 2.24) is 5.32 Å². The van der Waals surface area contributed by atoms with Gasteiger partial charge in [0.15, 0.2) is 6.61 Å². The number of aryl methyl sites for hydroxylation is 2. The molecule has 6 heteroatoms. The lowest BCUT2D eigenvalue weighted by molar-refractivity contribution is -0.124. The highest BCUT2D eigenvalue weighted by atomic mass is 32.1. The van der Waals surface area contributed by atoms with Crippen molar-refractivity contribution in [3.8, 4) is 10.4 Å². The van der Waals surface area contributed by atoms with Crippen molar-refractivity contribution in [3.63, 3.8) is 0 Å². The van der Waals surface area contributed by atoms with Crippen LogP contribution in [-0.2, 0) is 22.4 Å². The summed E-state index contributed by atoms with van der Waals surface area (Å²) in [5, 5.41) is 4.82. The number of esters is 1. The topological polar surface area (TPSA) is 55.4 Å². The molecule has 0 radical (unpaired) electrons. The third kappa shape index (κ3) is 3.82. The van der Waals surface area contributed by atoms with Gasteiger partial charge in [0.1, 0.15) is 4.88 Å². The van der Waals surface area contributed by atoms with Gasteiger partial charge in [0.25, 0.3) is 5.91 Å². The fraction of sp³-hybridized carbons (Fsp3) is 0.238. The Hall–Kier alpha value is -2.44. The van der Waals surface area contributed by atoms with Crippen molar-refractivity contribution in [2.45, 2.75) is 25.8 Å². The van der Waals surface area contributed by atoms with Gasteiger partial charge in [-0.05, 0) is 54.0 Å². The summed E-state index contributed by atoms with van der Waals surface area (Å²) in [5.41, 5.74) is 3.69. The van der Waals surface area contributed by atoms with Gasteiger partial charge in [0.2, 0.25) is 0 Å². The first kappa shape index (κ1) is 17.9.